The Morgan fingerprint density at radius 3 is 2.08 bits per heavy atom. The van der Waals surface area contributed by atoms with E-state index in [-0.39, 0.29) is 0 Å². The van der Waals surface area contributed by atoms with Crippen LogP contribution in [-0.4, -0.2) is 24.5 Å². The molecular formula is C42H23N5S2. The molecule has 5 nitrogen and oxygen atoms in total. The number of para-hydroxylation sites is 2. The molecule has 228 valence electrons. The van der Waals surface area contributed by atoms with Crippen LogP contribution in [0.5, 0.6) is 0 Å². The van der Waals surface area contributed by atoms with Crippen LogP contribution >= 0.6 is 22.7 Å². The van der Waals surface area contributed by atoms with Gasteiger partial charge >= 0.3 is 0 Å². The fraction of sp³-hybridized carbons (Fsp3) is 0. The lowest BCUT2D eigenvalue weighted by atomic mass is 10.0. The van der Waals surface area contributed by atoms with E-state index >= 15 is 0 Å². The van der Waals surface area contributed by atoms with Crippen molar-refractivity contribution in [3.8, 4) is 28.3 Å². The molecule has 11 rings (SSSR count). The van der Waals surface area contributed by atoms with E-state index in [2.05, 4.69) is 131 Å². The van der Waals surface area contributed by atoms with Crippen molar-refractivity contribution in [2.24, 2.45) is 0 Å². The Morgan fingerprint density at radius 1 is 0.510 bits per heavy atom. The van der Waals surface area contributed by atoms with E-state index in [1.54, 1.807) is 17.7 Å². The van der Waals surface area contributed by atoms with Gasteiger partial charge in [-0.15, -0.1) is 22.7 Å². The highest BCUT2D eigenvalue weighted by Gasteiger charge is 2.26. The minimum absolute atomic E-state index is 0.650. The van der Waals surface area contributed by atoms with Gasteiger partial charge in [0.15, 0.2) is 0 Å². The molecule has 0 aliphatic heterocycles. The molecule has 5 heterocycles. The van der Waals surface area contributed by atoms with Crippen LogP contribution in [0.25, 0.3) is 102 Å². The van der Waals surface area contributed by atoms with Gasteiger partial charge < -0.3 is 0 Å². The number of aromatic nitrogens is 5. The maximum absolute atomic E-state index is 5.43. The van der Waals surface area contributed by atoms with Crippen LogP contribution < -0.4 is 0 Å². The van der Waals surface area contributed by atoms with Crippen molar-refractivity contribution in [2.75, 3.05) is 0 Å². The maximum Gasteiger partial charge on any atom is 0.235 e. The summed E-state index contributed by atoms with van der Waals surface area (Å²) in [6.07, 6.45) is 3.62. The van der Waals surface area contributed by atoms with Crippen molar-refractivity contribution in [1.82, 2.24) is 24.5 Å². The summed E-state index contributed by atoms with van der Waals surface area (Å²) in [6.45, 7) is 0. The molecule has 5 aromatic heterocycles. The van der Waals surface area contributed by atoms with Gasteiger partial charge in [0.1, 0.15) is 11.2 Å². The second kappa shape index (κ2) is 10.2. The van der Waals surface area contributed by atoms with Gasteiger partial charge in [0.25, 0.3) is 0 Å². The fourth-order valence-electron chi connectivity index (χ4n) is 7.45. The first-order valence-electron chi connectivity index (χ1n) is 16.1. The first kappa shape index (κ1) is 27.0. The molecular weight excluding hydrogens is 639 g/mol. The normalized spacial score (nSPS) is 12.1. The number of fused-ring (bicyclic) bond motifs is 13. The number of nitrogens with zero attached hydrogens (tertiary/aromatic N) is 5. The van der Waals surface area contributed by atoms with Crippen molar-refractivity contribution in [2.45, 2.75) is 0 Å². The monoisotopic (exact) mass is 661 g/mol. The van der Waals surface area contributed by atoms with E-state index in [1.807, 2.05) is 23.6 Å². The zero-order chi connectivity index (χ0) is 32.1. The first-order valence-corrected chi connectivity index (χ1v) is 17.8. The minimum Gasteiger partial charge on any atom is -0.276 e. The summed E-state index contributed by atoms with van der Waals surface area (Å²) in [4.78, 5) is 20.9. The predicted octanol–water partition coefficient (Wildman–Crippen LogP) is 11.6. The number of benzene rings is 6. The Balaban J connectivity index is 1.28. The van der Waals surface area contributed by atoms with Crippen LogP contribution in [0.15, 0.2) is 140 Å². The second-order valence-corrected chi connectivity index (χ2v) is 14.3. The van der Waals surface area contributed by atoms with E-state index in [0.29, 0.717) is 5.95 Å². The van der Waals surface area contributed by atoms with Gasteiger partial charge in [0.05, 0.1) is 26.9 Å². The number of rotatable bonds is 3. The largest absolute Gasteiger partial charge is 0.276 e. The minimum atomic E-state index is 0.650. The van der Waals surface area contributed by atoms with Crippen molar-refractivity contribution in [1.29, 1.82) is 0 Å². The van der Waals surface area contributed by atoms with E-state index in [4.69, 9.17) is 15.0 Å². The molecule has 0 unspecified atom stereocenters. The van der Waals surface area contributed by atoms with Crippen molar-refractivity contribution >= 4 is 95.9 Å². The van der Waals surface area contributed by atoms with E-state index < -0.39 is 0 Å². The molecule has 0 aliphatic carbocycles. The lowest BCUT2D eigenvalue weighted by Crippen LogP contribution is -2.03. The zero-order valence-corrected chi connectivity index (χ0v) is 27.5. The molecule has 0 aliphatic rings. The molecule has 0 amide bonds. The molecule has 0 N–H and O–H groups in total. The highest BCUT2D eigenvalue weighted by Crippen LogP contribution is 2.51. The quantitative estimate of drug-likeness (QED) is 0.189. The van der Waals surface area contributed by atoms with Crippen molar-refractivity contribution in [3.63, 3.8) is 0 Å². The Bertz CT molecular complexity index is 3100. The summed E-state index contributed by atoms with van der Waals surface area (Å²) < 4.78 is 5.99. The Kier molecular flexibility index (Phi) is 5.64. The lowest BCUT2D eigenvalue weighted by molar-refractivity contribution is 1.02. The molecule has 0 bridgehead atoms. The van der Waals surface area contributed by atoms with Crippen LogP contribution in [0.2, 0.25) is 0 Å². The number of hydrogen-bond acceptors (Lipinski definition) is 6. The van der Waals surface area contributed by atoms with Crippen LogP contribution in [0.1, 0.15) is 0 Å². The summed E-state index contributed by atoms with van der Waals surface area (Å²) in [5.74, 6) is 0.650. The third-order valence-corrected chi connectivity index (χ3v) is 11.9. The summed E-state index contributed by atoms with van der Waals surface area (Å²) in [5, 5.41) is 8.24. The van der Waals surface area contributed by atoms with Crippen LogP contribution in [0.3, 0.4) is 0 Å². The van der Waals surface area contributed by atoms with Crippen molar-refractivity contribution in [3.05, 3.63) is 140 Å². The van der Waals surface area contributed by atoms with E-state index in [0.717, 1.165) is 43.4 Å². The Morgan fingerprint density at radius 2 is 1.20 bits per heavy atom. The van der Waals surface area contributed by atoms with E-state index in [9.17, 15) is 0 Å². The topological polar surface area (TPSA) is 56.5 Å². The number of hydrogen-bond donors (Lipinski definition) is 0. The van der Waals surface area contributed by atoms with Gasteiger partial charge in [-0.1, -0.05) is 109 Å². The van der Waals surface area contributed by atoms with Gasteiger partial charge in [-0.2, -0.15) is 0 Å². The van der Waals surface area contributed by atoms with E-state index in [1.165, 1.54) is 52.2 Å². The van der Waals surface area contributed by atoms with Gasteiger partial charge in [-0.3, -0.25) is 4.57 Å². The average Bonchev–Trinajstić information content (AvgIpc) is 3.85. The molecule has 7 heteroatoms. The standard InChI is InChI=1S/C42H23N5S2/c1-2-10-24(11-3-1)25-18-20-26(21-19-25)37-27-12-4-7-15-31(27)45-42(46-37)47-32-16-8-5-13-28(32)36-38(47)40-35(30-22-43-23-44-41(30)49-40)34-29-14-6-9-17-33(29)48-39(34)36/h1-23H. The van der Waals surface area contributed by atoms with Gasteiger partial charge in [0, 0.05) is 58.9 Å². The highest BCUT2D eigenvalue weighted by atomic mass is 32.1. The maximum atomic E-state index is 5.43. The molecule has 11 aromatic rings. The van der Waals surface area contributed by atoms with Crippen LogP contribution in [-0.2, 0) is 0 Å². The average molecular weight is 662 g/mol. The van der Waals surface area contributed by atoms with Crippen molar-refractivity contribution < 1.29 is 0 Å². The van der Waals surface area contributed by atoms with Gasteiger partial charge in [0.2, 0.25) is 5.95 Å². The Hall–Kier alpha value is -6.02. The fourth-order valence-corrected chi connectivity index (χ4v) is 9.89. The molecule has 0 atom stereocenters. The SMILES string of the molecule is c1ccc(-c2ccc(-c3nc(-n4c5ccccc5c5c6sc7ccccc7c6c6c7cncnc7sc6c54)nc4ccccc34)cc2)cc1. The molecule has 0 spiro atoms. The van der Waals surface area contributed by atoms with Crippen LogP contribution in [0.4, 0.5) is 0 Å². The summed E-state index contributed by atoms with van der Waals surface area (Å²) in [6, 6.07) is 44.9. The molecule has 0 saturated carbocycles. The van der Waals surface area contributed by atoms with Gasteiger partial charge in [-0.25, -0.2) is 19.9 Å². The Labute approximate surface area is 287 Å². The summed E-state index contributed by atoms with van der Waals surface area (Å²) in [5.41, 5.74) is 7.42. The molecule has 0 fully saturated rings. The third-order valence-electron chi connectivity index (χ3n) is 9.59. The molecule has 0 saturated heterocycles. The zero-order valence-electron chi connectivity index (χ0n) is 25.8. The molecule has 0 radical (unpaired) electrons. The first-order chi connectivity index (χ1) is 24.3. The lowest BCUT2D eigenvalue weighted by Gasteiger charge is -2.12. The smallest absolute Gasteiger partial charge is 0.235 e. The molecule has 49 heavy (non-hydrogen) atoms. The molecule has 6 aromatic carbocycles. The predicted molar refractivity (Wildman–Crippen MR) is 206 cm³/mol. The summed E-state index contributed by atoms with van der Waals surface area (Å²) in [7, 11) is 0. The van der Waals surface area contributed by atoms with Crippen LogP contribution in [0, 0.1) is 0 Å². The summed E-state index contributed by atoms with van der Waals surface area (Å²) >= 11 is 3.58. The highest BCUT2D eigenvalue weighted by molar-refractivity contribution is 7.29. The number of thiophene rings is 2. The third kappa shape index (κ3) is 3.85. The second-order valence-electron chi connectivity index (χ2n) is 12.3. The van der Waals surface area contributed by atoms with Gasteiger partial charge in [-0.05, 0) is 29.3 Å².